The molecule has 0 fully saturated rings. The van der Waals surface area contributed by atoms with Crippen LogP contribution in [0.5, 0.6) is 17.2 Å². The van der Waals surface area contributed by atoms with Crippen molar-refractivity contribution in [3.05, 3.63) is 235 Å². The van der Waals surface area contributed by atoms with E-state index in [1.165, 1.54) is 33.4 Å². The molecule has 312 valence electrons. The van der Waals surface area contributed by atoms with Gasteiger partial charge in [0.25, 0.3) is 0 Å². The van der Waals surface area contributed by atoms with Crippen molar-refractivity contribution in [3.63, 3.8) is 0 Å². The highest BCUT2D eigenvalue weighted by Gasteiger charge is 2.36. The van der Waals surface area contributed by atoms with Gasteiger partial charge in [0.15, 0.2) is 0 Å². The lowest BCUT2D eigenvalue weighted by Gasteiger charge is -2.30. The summed E-state index contributed by atoms with van der Waals surface area (Å²) < 4.78 is 13.5. The Morgan fingerprint density at radius 1 is 0.462 bits per heavy atom. The Kier molecular flexibility index (Phi) is 9.09. The molecule has 2 heterocycles. The normalized spacial score (nSPS) is 14.5. The van der Waals surface area contributed by atoms with E-state index >= 15 is 0 Å². The topological polar surface area (TPSA) is 24.9 Å². The monoisotopic (exact) mass is 838 g/mol. The first kappa shape index (κ1) is 38.6. The molecular formula is C61H46N2O2. The number of hydrogen-bond donors (Lipinski definition) is 0. The Morgan fingerprint density at radius 2 is 1.02 bits per heavy atom. The van der Waals surface area contributed by atoms with Crippen molar-refractivity contribution in [2.24, 2.45) is 0 Å². The van der Waals surface area contributed by atoms with Crippen LogP contribution in [0, 0.1) is 0 Å². The Hall–Kier alpha value is -8.08. The maximum Gasteiger partial charge on any atom is 0.137 e. The fourth-order valence-corrected chi connectivity index (χ4v) is 10.3. The van der Waals surface area contributed by atoms with Gasteiger partial charge in [0.05, 0.1) is 0 Å². The van der Waals surface area contributed by atoms with Gasteiger partial charge in [0, 0.05) is 62.0 Å². The summed E-state index contributed by atoms with van der Waals surface area (Å²) in [7, 11) is 0. The first-order chi connectivity index (χ1) is 31.9. The van der Waals surface area contributed by atoms with Crippen LogP contribution < -0.4 is 19.3 Å². The Morgan fingerprint density at radius 3 is 1.75 bits per heavy atom. The number of allylic oxidation sites excluding steroid dienone is 3. The van der Waals surface area contributed by atoms with Gasteiger partial charge in [-0.3, -0.25) is 0 Å². The first-order valence-electron chi connectivity index (χ1n) is 22.4. The summed E-state index contributed by atoms with van der Waals surface area (Å²) in [5, 5.41) is 2.17. The van der Waals surface area contributed by atoms with Crippen molar-refractivity contribution >= 4 is 44.8 Å². The zero-order chi connectivity index (χ0) is 43.6. The SMILES string of the molecule is C/C(=C\C=C1/COc2ccc3c4c(ccc1c24)Oc1cc(N(c2ccc(-c4ccccc4)cc2)c2ccc4c(c2)C(C)(C)c2ccccc2-4)ccc1-3)N(c1ccccc1)c1ccccc1. The second-order valence-corrected chi connectivity index (χ2v) is 17.7. The summed E-state index contributed by atoms with van der Waals surface area (Å²) in [6.45, 7) is 7.33. The molecule has 0 spiro atoms. The van der Waals surface area contributed by atoms with Crippen LogP contribution in [-0.2, 0) is 5.41 Å². The Balaban J connectivity index is 0.938. The van der Waals surface area contributed by atoms with Gasteiger partial charge in [-0.25, -0.2) is 0 Å². The molecule has 0 amide bonds. The summed E-state index contributed by atoms with van der Waals surface area (Å²) in [6.07, 6.45) is 4.42. The lowest BCUT2D eigenvalue weighted by Crippen LogP contribution is -2.16. The molecule has 2 aliphatic heterocycles. The molecule has 9 aromatic carbocycles. The minimum atomic E-state index is -0.134. The van der Waals surface area contributed by atoms with Gasteiger partial charge in [-0.2, -0.15) is 0 Å². The van der Waals surface area contributed by atoms with Gasteiger partial charge in [0.2, 0.25) is 0 Å². The van der Waals surface area contributed by atoms with Crippen LogP contribution in [0.15, 0.2) is 218 Å². The lowest BCUT2D eigenvalue weighted by atomic mass is 9.82. The van der Waals surface area contributed by atoms with Gasteiger partial charge >= 0.3 is 0 Å². The van der Waals surface area contributed by atoms with Crippen molar-refractivity contribution in [3.8, 4) is 50.6 Å². The van der Waals surface area contributed by atoms with Crippen LogP contribution in [0.25, 0.3) is 49.7 Å². The van der Waals surface area contributed by atoms with Crippen LogP contribution in [-0.4, -0.2) is 6.61 Å². The van der Waals surface area contributed by atoms with Gasteiger partial charge in [0.1, 0.15) is 23.9 Å². The van der Waals surface area contributed by atoms with E-state index in [4.69, 9.17) is 9.47 Å². The number of para-hydroxylation sites is 2. The van der Waals surface area contributed by atoms with Crippen molar-refractivity contribution < 1.29 is 9.47 Å². The van der Waals surface area contributed by atoms with Crippen LogP contribution in [0.4, 0.5) is 28.4 Å². The number of rotatable bonds is 8. The average molecular weight is 839 g/mol. The summed E-state index contributed by atoms with van der Waals surface area (Å²) >= 11 is 0. The maximum absolute atomic E-state index is 6.96. The fraction of sp³-hybridized carbons (Fsp3) is 0.0820. The molecule has 4 heteroatoms. The number of ether oxygens (including phenoxy) is 2. The Bertz CT molecular complexity index is 3330. The molecule has 1 aliphatic carbocycles. The largest absolute Gasteiger partial charge is 0.488 e. The van der Waals surface area contributed by atoms with E-state index in [0.717, 1.165) is 84.4 Å². The lowest BCUT2D eigenvalue weighted by molar-refractivity contribution is 0.369. The standard InChI is InChI=1S/C61H46N2O2/c1-40(62(44-17-9-5-10-18-44)45-19-11-6-12-20-45)23-24-43-39-64-56-35-34-53-52-32-30-48(38-58(52)65-57-36-33-49(43)59(56)60(53)57)63(46-27-25-42(26-28-46)41-15-7-4-8-16-41)47-29-31-51-50-21-13-14-22-54(50)61(2,3)55(51)37-47/h4-38H,39H2,1-3H3/b40-23+,43-24+. The van der Waals surface area contributed by atoms with Crippen LogP contribution >= 0.6 is 0 Å². The molecule has 0 aromatic heterocycles. The third-order valence-electron chi connectivity index (χ3n) is 13.5. The smallest absolute Gasteiger partial charge is 0.137 e. The molecule has 3 aliphatic rings. The number of fused-ring (bicyclic) bond motifs is 5. The Labute approximate surface area is 380 Å². The van der Waals surface area contributed by atoms with E-state index in [2.05, 4.69) is 243 Å². The van der Waals surface area contributed by atoms with Crippen molar-refractivity contribution in [1.29, 1.82) is 0 Å². The second kappa shape index (κ2) is 15.3. The van der Waals surface area contributed by atoms with Gasteiger partial charge < -0.3 is 19.3 Å². The molecule has 0 atom stereocenters. The first-order valence-corrected chi connectivity index (χ1v) is 22.4. The summed E-state index contributed by atoms with van der Waals surface area (Å²) in [5.41, 5.74) is 18.6. The number of benzene rings is 9. The molecule has 0 saturated heterocycles. The van der Waals surface area contributed by atoms with E-state index in [1.54, 1.807) is 0 Å². The van der Waals surface area contributed by atoms with E-state index in [1.807, 2.05) is 0 Å². The highest BCUT2D eigenvalue weighted by atomic mass is 16.5. The van der Waals surface area contributed by atoms with Gasteiger partial charge in [-0.05, 0) is 142 Å². The third kappa shape index (κ3) is 6.44. The summed E-state index contributed by atoms with van der Waals surface area (Å²) in [4.78, 5) is 4.65. The molecule has 0 unspecified atom stereocenters. The predicted molar refractivity (Wildman–Crippen MR) is 269 cm³/mol. The molecule has 12 rings (SSSR count). The number of anilines is 5. The second-order valence-electron chi connectivity index (χ2n) is 17.7. The van der Waals surface area contributed by atoms with Crippen LogP contribution in [0.3, 0.4) is 0 Å². The van der Waals surface area contributed by atoms with Crippen molar-refractivity contribution in [2.45, 2.75) is 26.2 Å². The van der Waals surface area contributed by atoms with E-state index < -0.39 is 0 Å². The quantitative estimate of drug-likeness (QED) is 0.152. The molecule has 0 radical (unpaired) electrons. The molecule has 0 saturated carbocycles. The zero-order valence-corrected chi connectivity index (χ0v) is 36.6. The minimum Gasteiger partial charge on any atom is -0.488 e. The van der Waals surface area contributed by atoms with E-state index in [-0.39, 0.29) is 5.41 Å². The number of hydrogen-bond acceptors (Lipinski definition) is 4. The molecule has 0 N–H and O–H groups in total. The maximum atomic E-state index is 6.96. The molecule has 0 bridgehead atoms. The fourth-order valence-electron chi connectivity index (χ4n) is 10.3. The van der Waals surface area contributed by atoms with Crippen molar-refractivity contribution in [1.82, 2.24) is 0 Å². The van der Waals surface area contributed by atoms with Crippen LogP contribution in [0.2, 0.25) is 0 Å². The van der Waals surface area contributed by atoms with E-state index in [0.29, 0.717) is 6.61 Å². The molecule has 4 nitrogen and oxygen atoms in total. The summed E-state index contributed by atoms with van der Waals surface area (Å²) in [6, 6.07) is 71.6. The average Bonchev–Trinajstić information content (AvgIpc) is 3.58. The summed E-state index contributed by atoms with van der Waals surface area (Å²) in [5.74, 6) is 2.53. The highest BCUT2D eigenvalue weighted by Crippen LogP contribution is 2.54. The third-order valence-corrected chi connectivity index (χ3v) is 13.5. The zero-order valence-electron chi connectivity index (χ0n) is 36.6. The van der Waals surface area contributed by atoms with E-state index in [9.17, 15) is 0 Å². The highest BCUT2D eigenvalue weighted by molar-refractivity contribution is 6.12. The van der Waals surface area contributed by atoms with Gasteiger partial charge in [-0.1, -0.05) is 135 Å². The molecular weight excluding hydrogens is 793 g/mol. The molecule has 65 heavy (non-hydrogen) atoms. The number of nitrogens with zero attached hydrogens (tertiary/aromatic N) is 2. The minimum absolute atomic E-state index is 0.134. The van der Waals surface area contributed by atoms with Crippen LogP contribution in [0.1, 0.15) is 37.5 Å². The predicted octanol–water partition coefficient (Wildman–Crippen LogP) is 16.6. The van der Waals surface area contributed by atoms with Crippen molar-refractivity contribution in [2.75, 3.05) is 16.4 Å². The molecule has 9 aromatic rings. The van der Waals surface area contributed by atoms with Gasteiger partial charge in [-0.15, -0.1) is 0 Å².